The smallest absolute Gasteiger partial charge is 0.239 e. The number of hydrogen-bond acceptors (Lipinski definition) is 5. The van der Waals surface area contributed by atoms with Crippen molar-refractivity contribution in [2.24, 2.45) is 11.7 Å². The van der Waals surface area contributed by atoms with E-state index in [0.29, 0.717) is 25.9 Å². The van der Waals surface area contributed by atoms with E-state index in [4.69, 9.17) is 10.5 Å². The molecule has 0 aromatic heterocycles. The van der Waals surface area contributed by atoms with Crippen LogP contribution in [-0.2, 0) is 19.6 Å². The first kappa shape index (κ1) is 21.6. The van der Waals surface area contributed by atoms with Gasteiger partial charge in [0.05, 0.1) is 12.4 Å². The average Bonchev–Trinajstić information content (AvgIpc) is 2.38. The maximum Gasteiger partial charge on any atom is 0.239 e. The predicted molar refractivity (Wildman–Crippen MR) is 88.5 cm³/mol. The van der Waals surface area contributed by atoms with E-state index < -0.39 is 16.1 Å². The third-order valence-corrected chi connectivity index (χ3v) is 5.66. The van der Waals surface area contributed by atoms with Crippen molar-refractivity contribution in [3.8, 4) is 0 Å². The van der Waals surface area contributed by atoms with Crippen molar-refractivity contribution in [1.29, 1.82) is 0 Å². The van der Waals surface area contributed by atoms with Crippen LogP contribution in [0.5, 0.6) is 0 Å². The van der Waals surface area contributed by atoms with Crippen molar-refractivity contribution in [2.75, 3.05) is 32.6 Å². The summed E-state index contributed by atoms with van der Waals surface area (Å²) in [6.07, 6.45) is 1.23. The third kappa shape index (κ3) is 6.78. The largest absolute Gasteiger partial charge is 0.383 e. The van der Waals surface area contributed by atoms with Gasteiger partial charge in [0.15, 0.2) is 0 Å². The van der Waals surface area contributed by atoms with Crippen LogP contribution >= 0.6 is 12.4 Å². The highest BCUT2D eigenvalue weighted by atomic mass is 35.5. The monoisotopic (exact) mass is 357 g/mol. The Morgan fingerprint density at radius 2 is 1.91 bits per heavy atom. The summed E-state index contributed by atoms with van der Waals surface area (Å²) in [5, 5.41) is 2.85. The third-order valence-electron chi connectivity index (χ3n) is 3.42. The predicted octanol–water partition coefficient (Wildman–Crippen LogP) is -0.0517. The SMILES string of the molecule is COCC(N)C(=O)NC1CCN(S(=O)(=O)CC(C)C)CC1.Cl. The molecule has 1 fully saturated rings. The zero-order chi connectivity index (χ0) is 16.0. The van der Waals surface area contributed by atoms with Crippen LogP contribution in [0, 0.1) is 5.92 Å². The van der Waals surface area contributed by atoms with E-state index in [2.05, 4.69) is 5.32 Å². The number of nitrogens with two attached hydrogens (primary N) is 1. The van der Waals surface area contributed by atoms with Crippen molar-refractivity contribution in [3.63, 3.8) is 0 Å². The van der Waals surface area contributed by atoms with E-state index >= 15 is 0 Å². The number of piperidine rings is 1. The van der Waals surface area contributed by atoms with Gasteiger partial charge in [-0.05, 0) is 18.8 Å². The first-order valence-electron chi connectivity index (χ1n) is 7.29. The molecule has 0 saturated carbocycles. The Labute approximate surface area is 139 Å². The molecule has 0 bridgehead atoms. The number of halogens is 1. The summed E-state index contributed by atoms with van der Waals surface area (Å²) in [7, 11) is -1.69. The molecule has 1 rings (SSSR count). The molecule has 132 valence electrons. The fraction of sp³-hybridized carbons (Fsp3) is 0.923. The summed E-state index contributed by atoms with van der Waals surface area (Å²) in [5.74, 6) is 0.0303. The van der Waals surface area contributed by atoms with E-state index in [9.17, 15) is 13.2 Å². The first-order chi connectivity index (χ1) is 9.76. The van der Waals surface area contributed by atoms with Crippen LogP contribution in [0.1, 0.15) is 26.7 Å². The van der Waals surface area contributed by atoms with Crippen LogP contribution in [0.2, 0.25) is 0 Å². The molecule has 1 aliphatic rings. The molecule has 0 aromatic rings. The van der Waals surface area contributed by atoms with Gasteiger partial charge < -0.3 is 15.8 Å². The molecule has 1 aliphatic heterocycles. The van der Waals surface area contributed by atoms with E-state index in [-0.39, 0.29) is 42.6 Å². The minimum atomic E-state index is -3.18. The summed E-state index contributed by atoms with van der Waals surface area (Å²) in [6, 6.07) is -0.705. The van der Waals surface area contributed by atoms with Crippen LogP contribution in [0.25, 0.3) is 0 Å². The molecule has 0 aromatic carbocycles. The van der Waals surface area contributed by atoms with Gasteiger partial charge in [-0.15, -0.1) is 12.4 Å². The molecule has 9 heteroatoms. The number of carbonyl (C=O) groups is 1. The number of amides is 1. The van der Waals surface area contributed by atoms with Gasteiger partial charge in [0, 0.05) is 26.2 Å². The van der Waals surface area contributed by atoms with Crippen LogP contribution in [-0.4, -0.2) is 63.3 Å². The second-order valence-corrected chi connectivity index (χ2v) is 7.93. The Morgan fingerprint density at radius 3 is 2.36 bits per heavy atom. The van der Waals surface area contributed by atoms with Gasteiger partial charge in [-0.1, -0.05) is 13.8 Å². The van der Waals surface area contributed by atoms with Crippen LogP contribution in [0.3, 0.4) is 0 Å². The zero-order valence-electron chi connectivity index (χ0n) is 13.4. The highest BCUT2D eigenvalue weighted by Crippen LogP contribution is 2.16. The molecular formula is C13H28ClN3O4S. The van der Waals surface area contributed by atoms with Gasteiger partial charge >= 0.3 is 0 Å². The van der Waals surface area contributed by atoms with Gasteiger partial charge in [-0.2, -0.15) is 0 Å². The lowest BCUT2D eigenvalue weighted by Crippen LogP contribution is -2.51. The topological polar surface area (TPSA) is 102 Å². The molecule has 0 radical (unpaired) electrons. The molecule has 0 aliphatic carbocycles. The van der Waals surface area contributed by atoms with Gasteiger partial charge in [0.25, 0.3) is 0 Å². The number of methoxy groups -OCH3 is 1. The maximum absolute atomic E-state index is 12.1. The molecule has 0 spiro atoms. The minimum absolute atomic E-state index is 0. The number of rotatable bonds is 7. The molecule has 1 heterocycles. The Hall–Kier alpha value is -0.410. The van der Waals surface area contributed by atoms with E-state index in [1.165, 1.54) is 11.4 Å². The van der Waals surface area contributed by atoms with E-state index in [1.54, 1.807) is 0 Å². The second-order valence-electron chi connectivity index (χ2n) is 5.92. The number of nitrogens with zero attached hydrogens (tertiary/aromatic N) is 1. The fourth-order valence-corrected chi connectivity index (χ4v) is 4.19. The second kappa shape index (κ2) is 9.67. The van der Waals surface area contributed by atoms with Crippen molar-refractivity contribution in [2.45, 2.75) is 38.8 Å². The molecule has 1 amide bonds. The number of hydrogen-bond donors (Lipinski definition) is 2. The standard InChI is InChI=1S/C13H27N3O4S.ClH/c1-10(2)9-21(18,19)16-6-4-11(5-7-16)15-13(17)12(14)8-20-3;/h10-12H,4-9,14H2,1-3H3,(H,15,17);1H. The molecular weight excluding hydrogens is 330 g/mol. The van der Waals surface area contributed by atoms with Crippen molar-refractivity contribution in [3.05, 3.63) is 0 Å². The summed E-state index contributed by atoms with van der Waals surface area (Å²) < 4.78 is 30.6. The lowest BCUT2D eigenvalue weighted by atomic mass is 10.1. The molecule has 1 saturated heterocycles. The van der Waals surface area contributed by atoms with Crippen molar-refractivity contribution >= 4 is 28.3 Å². The van der Waals surface area contributed by atoms with Crippen molar-refractivity contribution in [1.82, 2.24) is 9.62 Å². The number of ether oxygens (including phenoxy) is 1. The quantitative estimate of drug-likeness (QED) is 0.665. The fourth-order valence-electron chi connectivity index (χ4n) is 2.37. The Balaban J connectivity index is 0.00000441. The molecule has 3 N–H and O–H groups in total. The van der Waals surface area contributed by atoms with Crippen LogP contribution in [0.15, 0.2) is 0 Å². The lowest BCUT2D eigenvalue weighted by Gasteiger charge is -2.32. The number of sulfonamides is 1. The summed E-state index contributed by atoms with van der Waals surface area (Å²) in [5.41, 5.74) is 5.65. The Kier molecular flexibility index (Phi) is 9.49. The van der Waals surface area contributed by atoms with E-state index in [1.807, 2.05) is 13.8 Å². The summed E-state index contributed by atoms with van der Waals surface area (Å²) in [4.78, 5) is 11.8. The molecule has 1 atom stereocenters. The van der Waals surface area contributed by atoms with E-state index in [0.717, 1.165) is 0 Å². The van der Waals surface area contributed by atoms with Crippen LogP contribution in [0.4, 0.5) is 0 Å². The molecule has 1 unspecified atom stereocenters. The normalized spacial score (nSPS) is 18.8. The van der Waals surface area contributed by atoms with Crippen molar-refractivity contribution < 1.29 is 17.9 Å². The first-order valence-corrected chi connectivity index (χ1v) is 8.90. The van der Waals surface area contributed by atoms with Gasteiger partial charge in [-0.3, -0.25) is 4.79 Å². The lowest BCUT2D eigenvalue weighted by molar-refractivity contribution is -0.124. The Bertz CT molecular complexity index is 437. The highest BCUT2D eigenvalue weighted by molar-refractivity contribution is 7.89. The molecule has 7 nitrogen and oxygen atoms in total. The average molecular weight is 358 g/mol. The number of carbonyl (C=O) groups excluding carboxylic acids is 1. The maximum atomic E-state index is 12.1. The zero-order valence-corrected chi connectivity index (χ0v) is 15.1. The summed E-state index contributed by atoms with van der Waals surface area (Å²) >= 11 is 0. The number of nitrogens with one attached hydrogen (secondary N) is 1. The molecule has 22 heavy (non-hydrogen) atoms. The van der Waals surface area contributed by atoms with Gasteiger partial charge in [0.1, 0.15) is 6.04 Å². The minimum Gasteiger partial charge on any atom is -0.383 e. The summed E-state index contributed by atoms with van der Waals surface area (Å²) in [6.45, 7) is 4.84. The Morgan fingerprint density at radius 1 is 1.36 bits per heavy atom. The van der Waals surface area contributed by atoms with Crippen LogP contribution < -0.4 is 11.1 Å². The van der Waals surface area contributed by atoms with Gasteiger partial charge in [-0.25, -0.2) is 12.7 Å². The van der Waals surface area contributed by atoms with Gasteiger partial charge in [0.2, 0.25) is 15.9 Å². The highest BCUT2D eigenvalue weighted by Gasteiger charge is 2.29.